The second-order valence-corrected chi connectivity index (χ2v) is 5.85. The quantitative estimate of drug-likeness (QED) is 0.904. The highest BCUT2D eigenvalue weighted by Gasteiger charge is 2.38. The number of hydrogen-bond acceptors (Lipinski definition) is 2. The molecule has 1 fully saturated rings. The molecule has 1 unspecified atom stereocenters. The van der Waals surface area contributed by atoms with Gasteiger partial charge in [-0.2, -0.15) is 0 Å². The molecule has 0 saturated heterocycles. The molecule has 1 atom stereocenters. The normalized spacial score (nSPS) is 19.7. The summed E-state index contributed by atoms with van der Waals surface area (Å²) in [5, 5.41) is 10.1. The van der Waals surface area contributed by atoms with Crippen LogP contribution in [0.2, 0.25) is 0 Å². The predicted octanol–water partition coefficient (Wildman–Crippen LogP) is 3.31. The fourth-order valence-electron chi connectivity index (χ4n) is 2.50. The molecule has 0 aliphatic heterocycles. The molecule has 0 amide bonds. The zero-order valence-electron chi connectivity index (χ0n) is 10.2. The van der Waals surface area contributed by atoms with Crippen molar-refractivity contribution in [3.8, 4) is 0 Å². The Morgan fingerprint density at radius 1 is 1.47 bits per heavy atom. The summed E-state index contributed by atoms with van der Waals surface area (Å²) in [4.78, 5) is 0. The maximum Gasteiger partial charge on any atom is 0.0703 e. The first kappa shape index (κ1) is 13.1. The number of aliphatic hydroxyl groups is 1. The maximum absolute atomic E-state index is 10.1. The number of ether oxygens (including phenoxy) is 1. The molecule has 17 heavy (non-hydrogen) atoms. The standard InChI is InChI=1S/C14H19BrO2/c1-17-14(6-3-7-14)10-13(16)9-11-4-2-5-12(15)8-11/h2,4-5,8,13,16H,3,6-7,9-10H2,1H3. The van der Waals surface area contributed by atoms with Gasteiger partial charge in [-0.15, -0.1) is 0 Å². The SMILES string of the molecule is COC1(CC(O)Cc2cccc(Br)c2)CCC1. The van der Waals surface area contributed by atoms with Crippen molar-refractivity contribution in [3.63, 3.8) is 0 Å². The molecule has 1 saturated carbocycles. The number of rotatable bonds is 5. The van der Waals surface area contributed by atoms with Crippen molar-refractivity contribution in [3.05, 3.63) is 34.3 Å². The van der Waals surface area contributed by atoms with E-state index in [1.807, 2.05) is 18.2 Å². The number of methoxy groups -OCH3 is 1. The Morgan fingerprint density at radius 3 is 2.76 bits per heavy atom. The summed E-state index contributed by atoms with van der Waals surface area (Å²) < 4.78 is 6.60. The third-order valence-corrected chi connectivity index (χ3v) is 4.16. The molecule has 3 heteroatoms. The van der Waals surface area contributed by atoms with Gasteiger partial charge in [-0.3, -0.25) is 0 Å². The van der Waals surface area contributed by atoms with Crippen molar-refractivity contribution >= 4 is 15.9 Å². The van der Waals surface area contributed by atoms with Crippen LogP contribution >= 0.6 is 15.9 Å². The van der Waals surface area contributed by atoms with Crippen LogP contribution in [0.25, 0.3) is 0 Å². The molecule has 1 aromatic carbocycles. The first-order chi connectivity index (χ1) is 8.13. The van der Waals surface area contributed by atoms with Crippen molar-refractivity contribution in [1.82, 2.24) is 0 Å². The first-order valence-electron chi connectivity index (χ1n) is 6.11. The Bertz CT molecular complexity index is 369. The van der Waals surface area contributed by atoms with Crippen LogP contribution in [0, 0.1) is 0 Å². The van der Waals surface area contributed by atoms with Crippen LogP contribution in [0.5, 0.6) is 0 Å². The smallest absolute Gasteiger partial charge is 0.0703 e. The highest BCUT2D eigenvalue weighted by Crippen LogP contribution is 2.39. The monoisotopic (exact) mass is 298 g/mol. The van der Waals surface area contributed by atoms with Gasteiger partial charge >= 0.3 is 0 Å². The van der Waals surface area contributed by atoms with Gasteiger partial charge in [-0.25, -0.2) is 0 Å². The number of benzene rings is 1. The van der Waals surface area contributed by atoms with E-state index in [4.69, 9.17) is 4.74 Å². The Balaban J connectivity index is 1.90. The topological polar surface area (TPSA) is 29.5 Å². The van der Waals surface area contributed by atoms with Crippen molar-refractivity contribution < 1.29 is 9.84 Å². The summed E-state index contributed by atoms with van der Waals surface area (Å²) in [6.45, 7) is 0. The predicted molar refractivity (Wildman–Crippen MR) is 72.1 cm³/mol. The zero-order valence-corrected chi connectivity index (χ0v) is 11.7. The van der Waals surface area contributed by atoms with Crippen LogP contribution in [0.4, 0.5) is 0 Å². The van der Waals surface area contributed by atoms with Gasteiger partial charge in [0, 0.05) is 18.0 Å². The lowest BCUT2D eigenvalue weighted by atomic mass is 9.75. The first-order valence-corrected chi connectivity index (χ1v) is 6.90. The van der Waals surface area contributed by atoms with Crippen LogP contribution in [-0.4, -0.2) is 23.9 Å². The van der Waals surface area contributed by atoms with Crippen molar-refractivity contribution in [2.45, 2.75) is 43.8 Å². The van der Waals surface area contributed by atoms with E-state index in [2.05, 4.69) is 22.0 Å². The Kier molecular flexibility index (Phi) is 4.23. The van der Waals surface area contributed by atoms with Crippen LogP contribution in [0.15, 0.2) is 28.7 Å². The van der Waals surface area contributed by atoms with Crippen LogP contribution < -0.4 is 0 Å². The minimum Gasteiger partial charge on any atom is -0.393 e. The molecule has 1 aliphatic rings. The largest absolute Gasteiger partial charge is 0.393 e. The van der Waals surface area contributed by atoms with Crippen LogP contribution in [-0.2, 0) is 11.2 Å². The average Bonchev–Trinajstić information content (AvgIpc) is 2.23. The van der Waals surface area contributed by atoms with Crippen molar-refractivity contribution in [2.75, 3.05) is 7.11 Å². The molecule has 1 N–H and O–H groups in total. The van der Waals surface area contributed by atoms with Gasteiger partial charge in [0.2, 0.25) is 0 Å². The highest BCUT2D eigenvalue weighted by molar-refractivity contribution is 9.10. The molecule has 94 valence electrons. The summed E-state index contributed by atoms with van der Waals surface area (Å²) in [5.41, 5.74) is 1.11. The van der Waals surface area contributed by atoms with Gasteiger partial charge in [0.25, 0.3) is 0 Å². The summed E-state index contributed by atoms with van der Waals surface area (Å²) >= 11 is 3.45. The molecule has 0 spiro atoms. The van der Waals surface area contributed by atoms with E-state index in [1.165, 1.54) is 6.42 Å². The van der Waals surface area contributed by atoms with Crippen molar-refractivity contribution in [2.24, 2.45) is 0 Å². The summed E-state index contributed by atoms with van der Waals surface area (Å²) in [7, 11) is 1.75. The fourth-order valence-corrected chi connectivity index (χ4v) is 2.95. The third-order valence-electron chi connectivity index (χ3n) is 3.67. The van der Waals surface area contributed by atoms with Gasteiger partial charge in [-0.1, -0.05) is 28.1 Å². The second kappa shape index (κ2) is 5.51. The number of hydrogen-bond donors (Lipinski definition) is 1. The van der Waals surface area contributed by atoms with Crippen LogP contribution in [0.1, 0.15) is 31.2 Å². The third kappa shape index (κ3) is 3.30. The zero-order chi connectivity index (χ0) is 12.3. The summed E-state index contributed by atoms with van der Waals surface area (Å²) in [6, 6.07) is 8.11. The molecular formula is C14H19BrO2. The Hall–Kier alpha value is -0.380. The van der Waals surface area contributed by atoms with E-state index in [0.717, 1.165) is 29.3 Å². The van der Waals surface area contributed by atoms with E-state index in [-0.39, 0.29) is 11.7 Å². The fraction of sp³-hybridized carbons (Fsp3) is 0.571. The summed E-state index contributed by atoms with van der Waals surface area (Å²) in [5.74, 6) is 0. The van der Waals surface area contributed by atoms with Crippen LogP contribution in [0.3, 0.4) is 0 Å². The molecule has 2 rings (SSSR count). The molecule has 0 radical (unpaired) electrons. The molecule has 1 aliphatic carbocycles. The average molecular weight is 299 g/mol. The van der Waals surface area contributed by atoms with Gasteiger partial charge in [0.05, 0.1) is 11.7 Å². The molecule has 0 bridgehead atoms. The lowest BCUT2D eigenvalue weighted by Gasteiger charge is -2.41. The maximum atomic E-state index is 10.1. The minimum atomic E-state index is -0.315. The van der Waals surface area contributed by atoms with E-state index >= 15 is 0 Å². The van der Waals surface area contributed by atoms with Gasteiger partial charge in [0.1, 0.15) is 0 Å². The van der Waals surface area contributed by atoms with E-state index in [1.54, 1.807) is 7.11 Å². The van der Waals surface area contributed by atoms with Gasteiger partial charge < -0.3 is 9.84 Å². The molecule has 2 nitrogen and oxygen atoms in total. The highest BCUT2D eigenvalue weighted by atomic mass is 79.9. The Morgan fingerprint density at radius 2 is 2.24 bits per heavy atom. The van der Waals surface area contributed by atoms with Crippen molar-refractivity contribution in [1.29, 1.82) is 0 Å². The molecule has 0 heterocycles. The van der Waals surface area contributed by atoms with Gasteiger partial charge in [-0.05, 0) is 43.4 Å². The van der Waals surface area contributed by atoms with E-state index < -0.39 is 0 Å². The Labute approximate surface area is 111 Å². The van der Waals surface area contributed by atoms with E-state index in [9.17, 15) is 5.11 Å². The molecular weight excluding hydrogens is 280 g/mol. The van der Waals surface area contributed by atoms with E-state index in [0.29, 0.717) is 6.42 Å². The lowest BCUT2D eigenvalue weighted by molar-refractivity contribution is -0.0989. The number of halogens is 1. The number of aliphatic hydroxyl groups excluding tert-OH is 1. The second-order valence-electron chi connectivity index (χ2n) is 4.93. The molecule has 1 aromatic rings. The lowest BCUT2D eigenvalue weighted by Crippen LogP contribution is -2.42. The molecule has 0 aromatic heterocycles. The minimum absolute atomic E-state index is 0.0502. The summed E-state index contributed by atoms with van der Waals surface area (Å²) in [6.07, 6.45) is 4.51. The van der Waals surface area contributed by atoms with Gasteiger partial charge in [0.15, 0.2) is 0 Å².